The Kier molecular flexibility index (Phi) is 9.64. The van der Waals surface area contributed by atoms with Gasteiger partial charge in [-0.05, 0) is 50.0 Å². The van der Waals surface area contributed by atoms with E-state index in [0.717, 1.165) is 32.1 Å². The molecule has 0 atom stereocenters. The van der Waals surface area contributed by atoms with Crippen molar-refractivity contribution in [3.63, 3.8) is 0 Å². The van der Waals surface area contributed by atoms with E-state index in [-0.39, 0.29) is 0 Å². The molecule has 0 unspecified atom stereocenters. The van der Waals surface area contributed by atoms with Crippen molar-refractivity contribution in [2.75, 3.05) is 39.8 Å². The van der Waals surface area contributed by atoms with Gasteiger partial charge in [0.15, 0.2) is 5.96 Å². The highest BCUT2D eigenvalue weighted by atomic mass is 15.2. The third-order valence-electron chi connectivity index (χ3n) is 5.48. The number of hydrogen-bond acceptors (Lipinski definition) is 3. The first-order chi connectivity index (χ1) is 13.2. The Balaban J connectivity index is 1.75. The fourth-order valence-electron chi connectivity index (χ4n) is 3.66. The molecular formula is C22H39N5. The average molecular weight is 374 g/mol. The van der Waals surface area contributed by atoms with Crippen LogP contribution in [0.2, 0.25) is 0 Å². The topological polar surface area (TPSA) is 42.9 Å². The lowest BCUT2D eigenvalue weighted by molar-refractivity contribution is 0.206. The fraction of sp³-hybridized carbons (Fsp3) is 0.682. The lowest BCUT2D eigenvalue weighted by atomic mass is 10.1. The summed E-state index contributed by atoms with van der Waals surface area (Å²) in [4.78, 5) is 9.40. The summed E-state index contributed by atoms with van der Waals surface area (Å²) >= 11 is 0. The van der Waals surface area contributed by atoms with Crippen molar-refractivity contribution in [1.82, 2.24) is 20.4 Å². The van der Waals surface area contributed by atoms with E-state index in [9.17, 15) is 0 Å². The first-order valence-electron chi connectivity index (χ1n) is 10.7. The normalized spacial score (nSPS) is 16.7. The maximum atomic E-state index is 4.41. The molecule has 27 heavy (non-hydrogen) atoms. The highest BCUT2D eigenvalue weighted by Crippen LogP contribution is 2.11. The van der Waals surface area contributed by atoms with Crippen LogP contribution in [0.3, 0.4) is 0 Å². The first kappa shape index (κ1) is 21.7. The van der Waals surface area contributed by atoms with Gasteiger partial charge in [-0.3, -0.25) is 9.89 Å². The molecule has 1 aliphatic heterocycles. The van der Waals surface area contributed by atoms with Crippen LogP contribution >= 0.6 is 0 Å². The summed E-state index contributed by atoms with van der Waals surface area (Å²) in [6.45, 7) is 14.3. The predicted molar refractivity (Wildman–Crippen MR) is 116 cm³/mol. The van der Waals surface area contributed by atoms with Crippen molar-refractivity contribution in [2.24, 2.45) is 4.99 Å². The van der Waals surface area contributed by atoms with Gasteiger partial charge in [0.25, 0.3) is 0 Å². The summed E-state index contributed by atoms with van der Waals surface area (Å²) in [6.07, 6.45) is 3.64. The van der Waals surface area contributed by atoms with Gasteiger partial charge in [-0.2, -0.15) is 0 Å². The van der Waals surface area contributed by atoms with Crippen LogP contribution in [0.25, 0.3) is 0 Å². The zero-order chi connectivity index (χ0) is 19.5. The van der Waals surface area contributed by atoms with Gasteiger partial charge in [0, 0.05) is 39.3 Å². The summed E-state index contributed by atoms with van der Waals surface area (Å²) in [5.41, 5.74) is 2.67. The highest BCUT2D eigenvalue weighted by Gasteiger charge is 2.19. The van der Waals surface area contributed by atoms with Crippen molar-refractivity contribution in [3.05, 3.63) is 35.4 Å². The van der Waals surface area contributed by atoms with E-state index in [2.05, 4.69) is 70.5 Å². The number of hydrogen-bond donors (Lipinski definition) is 2. The number of piperidine rings is 1. The van der Waals surface area contributed by atoms with Crippen molar-refractivity contribution in [1.29, 1.82) is 0 Å². The molecule has 1 heterocycles. The molecule has 152 valence electrons. The maximum absolute atomic E-state index is 4.41. The van der Waals surface area contributed by atoms with Crippen molar-refractivity contribution >= 4 is 5.96 Å². The quantitative estimate of drug-likeness (QED) is 0.516. The number of benzene rings is 1. The molecule has 0 saturated carbocycles. The summed E-state index contributed by atoms with van der Waals surface area (Å²) < 4.78 is 0. The van der Waals surface area contributed by atoms with E-state index < -0.39 is 0 Å². The highest BCUT2D eigenvalue weighted by molar-refractivity contribution is 5.79. The minimum absolute atomic E-state index is 0.528. The Bertz CT molecular complexity index is 542. The maximum Gasteiger partial charge on any atom is 0.191 e. The number of aliphatic imine (C=N–C) groups is 1. The second-order valence-corrected chi connectivity index (χ2v) is 7.46. The van der Waals surface area contributed by atoms with Gasteiger partial charge in [-0.1, -0.05) is 45.0 Å². The molecule has 0 aromatic heterocycles. The minimum Gasteiger partial charge on any atom is -0.354 e. The van der Waals surface area contributed by atoms with Gasteiger partial charge < -0.3 is 15.5 Å². The van der Waals surface area contributed by atoms with Crippen LogP contribution in [0.4, 0.5) is 0 Å². The van der Waals surface area contributed by atoms with Crippen LogP contribution in [0.15, 0.2) is 29.3 Å². The Labute approximate surface area is 166 Å². The number of nitrogens with one attached hydrogen (secondary N) is 2. The van der Waals surface area contributed by atoms with Crippen molar-refractivity contribution < 1.29 is 0 Å². The van der Waals surface area contributed by atoms with Crippen LogP contribution < -0.4 is 10.6 Å². The van der Waals surface area contributed by atoms with E-state index in [1.807, 2.05) is 7.05 Å². The number of nitrogens with zero attached hydrogens (tertiary/aromatic N) is 3. The van der Waals surface area contributed by atoms with E-state index in [1.165, 1.54) is 50.0 Å². The van der Waals surface area contributed by atoms with Crippen molar-refractivity contribution in [2.45, 2.75) is 59.2 Å². The van der Waals surface area contributed by atoms with Crippen molar-refractivity contribution in [3.8, 4) is 0 Å². The van der Waals surface area contributed by atoms with Gasteiger partial charge in [-0.25, -0.2) is 0 Å². The SMILES string of the molecule is CCCN1CCC(NC(=NC)NCc2ccc(CN(CC)CC)cc2)CC1. The first-order valence-corrected chi connectivity index (χ1v) is 10.7. The summed E-state index contributed by atoms with van der Waals surface area (Å²) in [5, 5.41) is 7.06. The van der Waals surface area contributed by atoms with Crippen LogP contribution in [-0.2, 0) is 13.1 Å². The van der Waals surface area contributed by atoms with E-state index in [1.54, 1.807) is 0 Å². The van der Waals surface area contributed by atoms with Gasteiger partial charge >= 0.3 is 0 Å². The van der Waals surface area contributed by atoms with Crippen LogP contribution in [-0.4, -0.2) is 61.6 Å². The summed E-state index contributed by atoms with van der Waals surface area (Å²) in [7, 11) is 1.86. The third-order valence-corrected chi connectivity index (χ3v) is 5.48. The predicted octanol–water partition coefficient (Wildman–Crippen LogP) is 3.07. The van der Waals surface area contributed by atoms with E-state index >= 15 is 0 Å². The smallest absolute Gasteiger partial charge is 0.191 e. The Morgan fingerprint density at radius 2 is 1.70 bits per heavy atom. The van der Waals surface area contributed by atoms with E-state index in [0.29, 0.717) is 6.04 Å². The lowest BCUT2D eigenvalue weighted by Gasteiger charge is -2.32. The standard InChI is InChI=1S/C22H39N5/c1-5-14-27-15-12-21(13-16-27)25-22(23-4)24-17-19-8-10-20(11-9-19)18-26(6-2)7-3/h8-11,21H,5-7,12-18H2,1-4H3,(H2,23,24,25). The molecule has 0 aliphatic carbocycles. The van der Waals surface area contributed by atoms with Gasteiger partial charge in [0.05, 0.1) is 0 Å². The molecular weight excluding hydrogens is 334 g/mol. The van der Waals surface area contributed by atoms with Gasteiger partial charge in [0.2, 0.25) is 0 Å². The molecule has 0 amide bonds. The minimum atomic E-state index is 0.528. The second kappa shape index (κ2) is 12.0. The number of rotatable bonds is 9. The van der Waals surface area contributed by atoms with Gasteiger partial charge in [-0.15, -0.1) is 0 Å². The molecule has 0 spiro atoms. The van der Waals surface area contributed by atoms with Crippen LogP contribution in [0, 0.1) is 0 Å². The third kappa shape index (κ3) is 7.51. The molecule has 1 aromatic rings. The zero-order valence-corrected chi connectivity index (χ0v) is 17.8. The van der Waals surface area contributed by atoms with Crippen LogP contribution in [0.5, 0.6) is 0 Å². The molecule has 5 nitrogen and oxygen atoms in total. The molecule has 1 aromatic carbocycles. The second-order valence-electron chi connectivity index (χ2n) is 7.46. The summed E-state index contributed by atoms with van der Waals surface area (Å²) in [6, 6.07) is 9.47. The Hall–Kier alpha value is -1.59. The van der Waals surface area contributed by atoms with E-state index in [4.69, 9.17) is 0 Å². The Morgan fingerprint density at radius 3 is 2.26 bits per heavy atom. The fourth-order valence-corrected chi connectivity index (χ4v) is 3.66. The number of likely N-dealkylation sites (tertiary alicyclic amines) is 1. The molecule has 2 N–H and O–H groups in total. The molecule has 0 radical (unpaired) electrons. The molecule has 2 rings (SSSR count). The molecule has 1 saturated heterocycles. The van der Waals surface area contributed by atoms with Crippen LogP contribution in [0.1, 0.15) is 51.2 Å². The monoisotopic (exact) mass is 373 g/mol. The van der Waals surface area contributed by atoms with Gasteiger partial charge in [0.1, 0.15) is 0 Å². The summed E-state index contributed by atoms with van der Waals surface area (Å²) in [5.74, 6) is 0.913. The lowest BCUT2D eigenvalue weighted by Crippen LogP contribution is -2.48. The molecule has 5 heteroatoms. The molecule has 0 bridgehead atoms. The Morgan fingerprint density at radius 1 is 1.07 bits per heavy atom. The molecule has 1 fully saturated rings. The largest absolute Gasteiger partial charge is 0.354 e. The molecule has 1 aliphatic rings. The zero-order valence-electron chi connectivity index (χ0n) is 17.8. The number of guanidine groups is 1. The average Bonchev–Trinajstić information content (AvgIpc) is 2.71.